The van der Waals surface area contributed by atoms with Gasteiger partial charge in [-0.05, 0) is 37.5 Å². The van der Waals surface area contributed by atoms with Gasteiger partial charge in [0.05, 0.1) is 10.7 Å². The lowest BCUT2D eigenvalue weighted by atomic mass is 9.98. The summed E-state index contributed by atoms with van der Waals surface area (Å²) >= 11 is 1.72. The summed E-state index contributed by atoms with van der Waals surface area (Å²) in [5.74, 6) is 0.438. The Morgan fingerprint density at radius 3 is 3.09 bits per heavy atom. The number of aromatic nitrogens is 1. The molecule has 3 rings (SSSR count). The Labute approximate surface area is 135 Å². The minimum atomic E-state index is 0.0734. The van der Waals surface area contributed by atoms with Crippen LogP contribution in [0.5, 0.6) is 0 Å². The van der Waals surface area contributed by atoms with Gasteiger partial charge in [0.1, 0.15) is 0 Å². The lowest BCUT2D eigenvalue weighted by Gasteiger charge is -2.32. The maximum atomic E-state index is 12.6. The quantitative estimate of drug-likeness (QED) is 0.884. The van der Waals surface area contributed by atoms with Crippen molar-refractivity contribution in [2.45, 2.75) is 32.1 Å². The zero-order valence-electron chi connectivity index (χ0n) is 12.8. The molecule has 1 unspecified atom stereocenters. The molecule has 0 saturated carbocycles. The van der Waals surface area contributed by atoms with Crippen LogP contribution in [0.1, 0.15) is 46.7 Å². The smallest absolute Gasteiger partial charge is 0.253 e. The molecule has 5 heteroatoms. The highest BCUT2D eigenvalue weighted by Crippen LogP contribution is 2.30. The van der Waals surface area contributed by atoms with Gasteiger partial charge in [-0.3, -0.25) is 4.79 Å². The Bertz CT molecular complexity index is 667. The molecule has 2 heterocycles. The molecule has 1 fully saturated rings. The summed E-state index contributed by atoms with van der Waals surface area (Å²) in [7, 11) is 0. The first kappa shape index (κ1) is 15.0. The second-order valence-electron chi connectivity index (χ2n) is 5.75. The van der Waals surface area contributed by atoms with Crippen molar-refractivity contribution in [2.75, 3.05) is 18.8 Å². The number of hydrogen-bond donors (Lipinski definition) is 1. The summed E-state index contributed by atoms with van der Waals surface area (Å²) in [5, 5.41) is 3.30. The third-order valence-electron chi connectivity index (χ3n) is 4.12. The molecular formula is C17H21N3OS. The second-order valence-corrected chi connectivity index (χ2v) is 6.64. The lowest BCUT2D eigenvalue weighted by molar-refractivity contribution is 0.0707. The summed E-state index contributed by atoms with van der Waals surface area (Å²) in [5.41, 5.74) is 8.24. The Morgan fingerprint density at radius 2 is 2.36 bits per heavy atom. The average molecular weight is 315 g/mol. The fourth-order valence-electron chi connectivity index (χ4n) is 2.89. The molecule has 1 amide bonds. The van der Waals surface area contributed by atoms with Crippen molar-refractivity contribution >= 4 is 22.9 Å². The third kappa shape index (κ3) is 3.14. The molecule has 2 aromatic rings. The van der Waals surface area contributed by atoms with E-state index in [9.17, 15) is 4.79 Å². The number of likely N-dealkylation sites (tertiary alicyclic amines) is 1. The van der Waals surface area contributed by atoms with Crippen LogP contribution in [-0.4, -0.2) is 28.9 Å². The summed E-state index contributed by atoms with van der Waals surface area (Å²) in [4.78, 5) is 19.3. The number of nitrogens with two attached hydrogens (primary N) is 1. The van der Waals surface area contributed by atoms with Gasteiger partial charge in [0, 0.05) is 35.6 Å². The highest BCUT2D eigenvalue weighted by molar-refractivity contribution is 7.09. The van der Waals surface area contributed by atoms with Crippen LogP contribution >= 0.6 is 11.3 Å². The molecule has 116 valence electrons. The number of thiazole rings is 1. The van der Waals surface area contributed by atoms with E-state index in [0.29, 0.717) is 17.2 Å². The van der Waals surface area contributed by atoms with E-state index in [2.05, 4.69) is 12.3 Å². The number of amides is 1. The molecule has 1 aromatic heterocycles. The van der Waals surface area contributed by atoms with Crippen LogP contribution in [0.4, 0.5) is 5.69 Å². The van der Waals surface area contributed by atoms with E-state index < -0.39 is 0 Å². The number of aryl methyl sites for hydroxylation is 1. The molecule has 1 atom stereocenters. The van der Waals surface area contributed by atoms with E-state index in [0.717, 1.165) is 38.0 Å². The first-order valence-electron chi connectivity index (χ1n) is 7.76. The van der Waals surface area contributed by atoms with E-state index >= 15 is 0 Å². The molecule has 0 spiro atoms. The van der Waals surface area contributed by atoms with Gasteiger partial charge in [-0.25, -0.2) is 4.98 Å². The van der Waals surface area contributed by atoms with Crippen LogP contribution in [0.3, 0.4) is 0 Å². The predicted molar refractivity (Wildman–Crippen MR) is 90.2 cm³/mol. The number of nitrogens with zero attached hydrogens (tertiary/aromatic N) is 2. The predicted octanol–water partition coefficient (Wildman–Crippen LogP) is 3.31. The Morgan fingerprint density at radius 1 is 1.50 bits per heavy atom. The van der Waals surface area contributed by atoms with E-state index in [4.69, 9.17) is 10.7 Å². The molecule has 4 nitrogen and oxygen atoms in total. The third-order valence-corrected chi connectivity index (χ3v) is 5.18. The molecule has 0 bridgehead atoms. The molecule has 22 heavy (non-hydrogen) atoms. The van der Waals surface area contributed by atoms with Gasteiger partial charge in [0.25, 0.3) is 5.91 Å². The number of nitrogen functional groups attached to an aromatic ring is 1. The van der Waals surface area contributed by atoms with Gasteiger partial charge in [0.15, 0.2) is 0 Å². The summed E-state index contributed by atoms with van der Waals surface area (Å²) < 4.78 is 0. The van der Waals surface area contributed by atoms with Gasteiger partial charge in [0.2, 0.25) is 0 Å². The largest absolute Gasteiger partial charge is 0.399 e. The molecule has 1 saturated heterocycles. The SMILES string of the molecule is CCc1csc(C2CCCN(C(=O)c3cccc(N)c3)C2)n1. The molecule has 0 aliphatic carbocycles. The van der Waals surface area contributed by atoms with E-state index in [-0.39, 0.29) is 5.91 Å². The van der Waals surface area contributed by atoms with Crippen LogP contribution in [0.2, 0.25) is 0 Å². The first-order valence-corrected chi connectivity index (χ1v) is 8.64. The Balaban J connectivity index is 1.73. The van der Waals surface area contributed by atoms with Crippen LogP contribution in [0.25, 0.3) is 0 Å². The van der Waals surface area contributed by atoms with Gasteiger partial charge in [-0.2, -0.15) is 0 Å². The first-order chi connectivity index (χ1) is 10.7. The number of carbonyl (C=O) groups excluding carboxylic acids is 1. The molecular weight excluding hydrogens is 294 g/mol. The van der Waals surface area contributed by atoms with Crippen molar-refractivity contribution in [2.24, 2.45) is 0 Å². The normalized spacial score (nSPS) is 18.4. The molecule has 1 aromatic carbocycles. The molecule has 1 aliphatic rings. The van der Waals surface area contributed by atoms with Crippen molar-refractivity contribution < 1.29 is 4.79 Å². The van der Waals surface area contributed by atoms with Crippen LogP contribution in [0.15, 0.2) is 29.6 Å². The average Bonchev–Trinajstić information content (AvgIpc) is 3.03. The van der Waals surface area contributed by atoms with Crippen LogP contribution < -0.4 is 5.73 Å². The number of benzene rings is 1. The minimum Gasteiger partial charge on any atom is -0.399 e. The maximum Gasteiger partial charge on any atom is 0.253 e. The Hall–Kier alpha value is -1.88. The van der Waals surface area contributed by atoms with Crippen molar-refractivity contribution in [3.63, 3.8) is 0 Å². The van der Waals surface area contributed by atoms with Crippen molar-refractivity contribution in [1.29, 1.82) is 0 Å². The number of rotatable bonds is 3. The monoisotopic (exact) mass is 315 g/mol. The highest BCUT2D eigenvalue weighted by Gasteiger charge is 2.27. The van der Waals surface area contributed by atoms with E-state index in [1.807, 2.05) is 17.0 Å². The van der Waals surface area contributed by atoms with E-state index in [1.165, 1.54) is 5.01 Å². The lowest BCUT2D eigenvalue weighted by Crippen LogP contribution is -2.39. The van der Waals surface area contributed by atoms with Crippen LogP contribution in [0, 0.1) is 0 Å². The van der Waals surface area contributed by atoms with Crippen molar-refractivity contribution in [3.05, 3.63) is 45.9 Å². The van der Waals surface area contributed by atoms with Crippen LogP contribution in [-0.2, 0) is 6.42 Å². The number of piperidine rings is 1. The minimum absolute atomic E-state index is 0.0734. The van der Waals surface area contributed by atoms with Crippen molar-refractivity contribution in [3.8, 4) is 0 Å². The fourth-order valence-corrected chi connectivity index (χ4v) is 3.92. The van der Waals surface area contributed by atoms with E-state index in [1.54, 1.807) is 23.5 Å². The highest BCUT2D eigenvalue weighted by atomic mass is 32.1. The summed E-state index contributed by atoms with van der Waals surface area (Å²) in [6, 6.07) is 7.22. The molecule has 2 N–H and O–H groups in total. The second kappa shape index (κ2) is 6.48. The number of carbonyl (C=O) groups is 1. The fraction of sp³-hybridized carbons (Fsp3) is 0.412. The van der Waals surface area contributed by atoms with Crippen molar-refractivity contribution in [1.82, 2.24) is 9.88 Å². The maximum absolute atomic E-state index is 12.6. The number of anilines is 1. The summed E-state index contributed by atoms with van der Waals surface area (Å²) in [6.45, 7) is 3.69. The van der Waals surface area contributed by atoms with Gasteiger partial charge >= 0.3 is 0 Å². The summed E-state index contributed by atoms with van der Waals surface area (Å²) in [6.07, 6.45) is 3.10. The zero-order chi connectivity index (χ0) is 15.5. The molecule has 0 radical (unpaired) electrons. The standard InChI is InChI=1S/C17H21N3OS/c1-2-15-11-22-16(19-15)13-6-4-8-20(10-13)17(21)12-5-3-7-14(18)9-12/h3,5,7,9,11,13H,2,4,6,8,10,18H2,1H3. The number of hydrogen-bond acceptors (Lipinski definition) is 4. The van der Waals surface area contributed by atoms with Gasteiger partial charge in [-0.1, -0.05) is 13.0 Å². The molecule has 1 aliphatic heterocycles. The topological polar surface area (TPSA) is 59.2 Å². The Kier molecular flexibility index (Phi) is 4.43. The van der Waals surface area contributed by atoms with Gasteiger partial charge in [-0.15, -0.1) is 11.3 Å². The van der Waals surface area contributed by atoms with Gasteiger partial charge < -0.3 is 10.6 Å². The zero-order valence-corrected chi connectivity index (χ0v) is 13.6.